The van der Waals surface area contributed by atoms with E-state index in [1.54, 1.807) is 0 Å². The van der Waals surface area contributed by atoms with Gasteiger partial charge in [-0.1, -0.05) is 74.2 Å². The Morgan fingerprint density at radius 2 is 1.96 bits per heavy atom. The molecule has 134 valence electrons. The van der Waals surface area contributed by atoms with Crippen molar-refractivity contribution in [3.63, 3.8) is 0 Å². The summed E-state index contributed by atoms with van der Waals surface area (Å²) in [5, 5.41) is 10.9. The average Bonchev–Trinajstić information content (AvgIpc) is 2.65. The lowest BCUT2D eigenvalue weighted by molar-refractivity contribution is 0.204. The fourth-order valence-corrected chi connectivity index (χ4v) is 4.27. The van der Waals surface area contributed by atoms with E-state index < -0.39 is 6.10 Å². The van der Waals surface area contributed by atoms with Gasteiger partial charge < -0.3 is 10.1 Å². The molecule has 1 saturated carbocycles. The highest BCUT2D eigenvalue weighted by Gasteiger charge is 2.18. The van der Waals surface area contributed by atoms with Crippen LogP contribution in [-0.4, -0.2) is 20.8 Å². The van der Waals surface area contributed by atoms with Crippen LogP contribution in [0.4, 0.5) is 0 Å². The van der Waals surface area contributed by atoms with E-state index >= 15 is 0 Å². The van der Waals surface area contributed by atoms with Gasteiger partial charge in [-0.25, -0.2) is 4.98 Å². The van der Waals surface area contributed by atoms with Crippen LogP contribution in [0.2, 0.25) is 0 Å². The lowest BCUT2D eigenvalue weighted by Gasteiger charge is -2.21. The van der Waals surface area contributed by atoms with Gasteiger partial charge in [0.15, 0.2) is 5.16 Å². The highest BCUT2D eigenvalue weighted by Crippen LogP contribution is 2.28. The summed E-state index contributed by atoms with van der Waals surface area (Å²) in [7, 11) is 0. The highest BCUT2D eigenvalue weighted by atomic mass is 32.2. The van der Waals surface area contributed by atoms with Crippen molar-refractivity contribution in [3.05, 3.63) is 57.5 Å². The molecular formula is C20H26N2O2S. The van der Waals surface area contributed by atoms with Crippen molar-refractivity contribution in [2.45, 2.75) is 56.7 Å². The van der Waals surface area contributed by atoms with Gasteiger partial charge in [0.25, 0.3) is 5.56 Å². The van der Waals surface area contributed by atoms with Crippen LogP contribution < -0.4 is 5.56 Å². The zero-order valence-corrected chi connectivity index (χ0v) is 15.5. The molecule has 1 heterocycles. The number of hydrogen-bond donors (Lipinski definition) is 2. The molecule has 1 aliphatic carbocycles. The minimum absolute atomic E-state index is 0.0579. The number of rotatable bonds is 6. The summed E-state index contributed by atoms with van der Waals surface area (Å²) < 4.78 is 0. The predicted octanol–water partition coefficient (Wildman–Crippen LogP) is 4.03. The number of nitrogens with zero attached hydrogens (tertiary/aromatic N) is 1. The molecule has 25 heavy (non-hydrogen) atoms. The standard InChI is InChI=1S/C20H26N2O2S/c1-14-17(12-15-8-4-2-5-9-15)21-20(22-19(14)24)25-13-18(23)16-10-6-3-7-11-16/h3,6-7,10-11,15,18,23H,2,4-5,8-9,12-13H2,1H3,(H,21,22,24). The first kappa shape index (κ1) is 18.2. The van der Waals surface area contributed by atoms with E-state index in [1.165, 1.54) is 43.9 Å². The second-order valence-electron chi connectivity index (χ2n) is 6.89. The lowest BCUT2D eigenvalue weighted by Crippen LogP contribution is -2.19. The van der Waals surface area contributed by atoms with Crippen molar-refractivity contribution in [1.29, 1.82) is 0 Å². The number of aromatic nitrogens is 2. The molecule has 1 aliphatic rings. The van der Waals surface area contributed by atoms with Crippen molar-refractivity contribution in [2.24, 2.45) is 5.92 Å². The molecule has 5 heteroatoms. The third-order valence-electron chi connectivity index (χ3n) is 5.00. The summed E-state index contributed by atoms with van der Waals surface area (Å²) in [6.07, 6.45) is 6.71. The van der Waals surface area contributed by atoms with Crippen LogP contribution in [0.1, 0.15) is 55.0 Å². The Hall–Kier alpha value is -1.59. The molecule has 2 aromatic rings. The van der Waals surface area contributed by atoms with Gasteiger partial charge in [-0.15, -0.1) is 0 Å². The van der Waals surface area contributed by atoms with E-state index in [0.717, 1.165) is 23.2 Å². The topological polar surface area (TPSA) is 66.0 Å². The third kappa shape index (κ3) is 4.95. The molecule has 1 aromatic carbocycles. The first-order valence-corrected chi connectivity index (χ1v) is 10.1. The van der Waals surface area contributed by atoms with Gasteiger partial charge in [0, 0.05) is 11.3 Å². The van der Waals surface area contributed by atoms with Gasteiger partial charge >= 0.3 is 0 Å². The summed E-state index contributed by atoms with van der Waals surface area (Å²) in [6.45, 7) is 1.86. The molecule has 3 rings (SSSR count). The zero-order valence-electron chi connectivity index (χ0n) is 14.7. The monoisotopic (exact) mass is 358 g/mol. The number of aliphatic hydroxyl groups is 1. The van der Waals surface area contributed by atoms with E-state index in [1.807, 2.05) is 37.3 Å². The summed E-state index contributed by atoms with van der Waals surface area (Å²) in [6, 6.07) is 9.57. The number of thioether (sulfide) groups is 1. The van der Waals surface area contributed by atoms with Crippen LogP contribution in [0.25, 0.3) is 0 Å². The minimum atomic E-state index is -0.570. The molecule has 0 saturated heterocycles. The normalized spacial score (nSPS) is 16.7. The smallest absolute Gasteiger partial charge is 0.254 e. The minimum Gasteiger partial charge on any atom is -0.388 e. The summed E-state index contributed by atoms with van der Waals surface area (Å²) in [5.41, 5.74) is 2.48. The van der Waals surface area contributed by atoms with Crippen LogP contribution >= 0.6 is 11.8 Å². The van der Waals surface area contributed by atoms with E-state index in [0.29, 0.717) is 16.8 Å². The fourth-order valence-electron chi connectivity index (χ4n) is 3.42. The lowest BCUT2D eigenvalue weighted by atomic mass is 9.85. The maximum atomic E-state index is 12.2. The summed E-state index contributed by atoms with van der Waals surface area (Å²) in [5.74, 6) is 1.12. The maximum Gasteiger partial charge on any atom is 0.254 e. The Labute approximate surface area is 153 Å². The largest absolute Gasteiger partial charge is 0.388 e. The van der Waals surface area contributed by atoms with Crippen LogP contribution in [0.15, 0.2) is 40.3 Å². The van der Waals surface area contributed by atoms with Gasteiger partial charge in [-0.2, -0.15) is 0 Å². The molecule has 0 amide bonds. The molecule has 1 aromatic heterocycles. The molecule has 2 N–H and O–H groups in total. The van der Waals surface area contributed by atoms with Crippen LogP contribution in [-0.2, 0) is 6.42 Å². The Morgan fingerprint density at radius 3 is 2.68 bits per heavy atom. The molecule has 1 fully saturated rings. The van der Waals surface area contributed by atoms with E-state index in [-0.39, 0.29) is 5.56 Å². The van der Waals surface area contributed by atoms with Gasteiger partial charge in [0.2, 0.25) is 0 Å². The summed E-state index contributed by atoms with van der Waals surface area (Å²) >= 11 is 1.41. The number of benzene rings is 1. The van der Waals surface area contributed by atoms with Gasteiger partial charge in [-0.3, -0.25) is 4.79 Å². The zero-order chi connectivity index (χ0) is 17.6. The molecule has 0 aliphatic heterocycles. The Kier molecular flexibility index (Phi) is 6.32. The number of hydrogen-bond acceptors (Lipinski definition) is 4. The van der Waals surface area contributed by atoms with Crippen molar-refractivity contribution in [3.8, 4) is 0 Å². The Balaban J connectivity index is 1.68. The molecular weight excluding hydrogens is 332 g/mol. The second kappa shape index (κ2) is 8.68. The SMILES string of the molecule is Cc1c(CC2CCCCC2)nc(SCC(O)c2ccccc2)[nH]c1=O. The molecule has 1 atom stereocenters. The van der Waals surface area contributed by atoms with E-state index in [9.17, 15) is 9.90 Å². The Morgan fingerprint density at radius 1 is 1.24 bits per heavy atom. The molecule has 0 radical (unpaired) electrons. The average molecular weight is 359 g/mol. The first-order valence-electron chi connectivity index (χ1n) is 9.09. The Bertz CT molecular complexity index is 739. The number of nitrogens with one attached hydrogen (secondary N) is 1. The fraction of sp³-hybridized carbons (Fsp3) is 0.500. The second-order valence-corrected chi connectivity index (χ2v) is 7.90. The highest BCUT2D eigenvalue weighted by molar-refractivity contribution is 7.99. The van der Waals surface area contributed by atoms with E-state index in [2.05, 4.69) is 9.97 Å². The third-order valence-corrected chi connectivity index (χ3v) is 5.95. The molecule has 4 nitrogen and oxygen atoms in total. The summed E-state index contributed by atoms with van der Waals surface area (Å²) in [4.78, 5) is 19.8. The number of aromatic amines is 1. The molecule has 0 bridgehead atoms. The molecule has 1 unspecified atom stereocenters. The van der Waals surface area contributed by atoms with E-state index in [4.69, 9.17) is 0 Å². The van der Waals surface area contributed by atoms with Crippen molar-refractivity contribution >= 4 is 11.8 Å². The maximum absolute atomic E-state index is 12.2. The van der Waals surface area contributed by atoms with Crippen LogP contribution in [0, 0.1) is 12.8 Å². The van der Waals surface area contributed by atoms with Crippen molar-refractivity contribution in [2.75, 3.05) is 5.75 Å². The number of aliphatic hydroxyl groups excluding tert-OH is 1. The number of H-pyrrole nitrogens is 1. The quantitative estimate of drug-likeness (QED) is 0.604. The van der Waals surface area contributed by atoms with Gasteiger partial charge in [-0.05, 0) is 24.8 Å². The van der Waals surface area contributed by atoms with Crippen molar-refractivity contribution < 1.29 is 5.11 Å². The van der Waals surface area contributed by atoms with Gasteiger partial charge in [0.1, 0.15) is 0 Å². The van der Waals surface area contributed by atoms with Crippen LogP contribution in [0.3, 0.4) is 0 Å². The van der Waals surface area contributed by atoms with Crippen LogP contribution in [0.5, 0.6) is 0 Å². The van der Waals surface area contributed by atoms with Crippen molar-refractivity contribution in [1.82, 2.24) is 9.97 Å². The predicted molar refractivity (Wildman–Crippen MR) is 102 cm³/mol. The van der Waals surface area contributed by atoms with Gasteiger partial charge in [0.05, 0.1) is 11.8 Å². The molecule has 0 spiro atoms. The first-order chi connectivity index (χ1) is 12.1.